The Morgan fingerprint density at radius 2 is 2.11 bits per heavy atom. The Balaban J connectivity index is 1.88. The Kier molecular flexibility index (Phi) is 4.30. The summed E-state index contributed by atoms with van der Waals surface area (Å²) in [7, 11) is 0. The molecule has 0 saturated carbocycles. The Labute approximate surface area is 110 Å². The fourth-order valence-electron chi connectivity index (χ4n) is 1.69. The van der Waals surface area contributed by atoms with Gasteiger partial charge in [-0.1, -0.05) is 30.3 Å². The zero-order valence-corrected chi connectivity index (χ0v) is 11.0. The molecule has 0 aliphatic rings. The molecule has 2 rings (SSSR count). The molecule has 96 valence electrons. The van der Waals surface area contributed by atoms with Gasteiger partial charge in [0.15, 0.2) is 5.13 Å². The minimum absolute atomic E-state index is 0.0805. The summed E-state index contributed by atoms with van der Waals surface area (Å²) in [5, 5.41) is 15.8. The predicted molar refractivity (Wildman–Crippen MR) is 74.3 cm³/mol. The van der Waals surface area contributed by atoms with Crippen LogP contribution in [0.3, 0.4) is 0 Å². The van der Waals surface area contributed by atoms with Gasteiger partial charge >= 0.3 is 0 Å². The number of nitrogens with zero attached hydrogens (tertiary/aromatic N) is 1. The number of rotatable bonds is 5. The van der Waals surface area contributed by atoms with E-state index >= 15 is 0 Å². The van der Waals surface area contributed by atoms with Gasteiger partial charge in [0.2, 0.25) is 0 Å². The lowest BCUT2D eigenvalue weighted by molar-refractivity contribution is 0.170. The van der Waals surface area contributed by atoms with E-state index in [2.05, 4.69) is 10.3 Å². The van der Waals surface area contributed by atoms with Gasteiger partial charge < -0.3 is 16.2 Å². The molecule has 18 heavy (non-hydrogen) atoms. The Morgan fingerprint density at radius 1 is 1.39 bits per heavy atom. The third-order valence-corrected chi connectivity index (χ3v) is 3.48. The molecule has 0 spiro atoms. The largest absolute Gasteiger partial charge is 0.387 e. The van der Waals surface area contributed by atoms with Crippen LogP contribution in [0.25, 0.3) is 0 Å². The fraction of sp³-hybridized carbons (Fsp3) is 0.308. The molecule has 0 radical (unpaired) electrons. The first kappa shape index (κ1) is 13.0. The van der Waals surface area contributed by atoms with Crippen molar-refractivity contribution in [2.45, 2.75) is 19.1 Å². The maximum Gasteiger partial charge on any atom is 0.180 e. The number of nitrogens with two attached hydrogens (primary N) is 1. The number of aliphatic hydroxyl groups is 1. The van der Waals surface area contributed by atoms with Crippen LogP contribution in [0, 0.1) is 0 Å². The first-order valence-corrected chi connectivity index (χ1v) is 6.72. The highest BCUT2D eigenvalue weighted by atomic mass is 32.1. The summed E-state index contributed by atoms with van der Waals surface area (Å²) in [6, 6.07) is 9.68. The summed E-state index contributed by atoms with van der Waals surface area (Å²) in [5.74, 6) is 0. The van der Waals surface area contributed by atoms with E-state index in [1.165, 1.54) is 11.3 Å². The van der Waals surface area contributed by atoms with Gasteiger partial charge in [-0.2, -0.15) is 0 Å². The second kappa shape index (κ2) is 5.95. The first-order chi connectivity index (χ1) is 8.66. The van der Waals surface area contributed by atoms with Crippen LogP contribution in [0.2, 0.25) is 0 Å². The highest BCUT2D eigenvalue weighted by Crippen LogP contribution is 2.18. The summed E-state index contributed by atoms with van der Waals surface area (Å²) < 4.78 is 0. The van der Waals surface area contributed by atoms with Crippen molar-refractivity contribution in [3.8, 4) is 0 Å². The minimum atomic E-state index is -0.510. The Morgan fingerprint density at radius 3 is 2.72 bits per heavy atom. The average Bonchev–Trinajstić information content (AvgIpc) is 2.83. The summed E-state index contributed by atoms with van der Waals surface area (Å²) in [6.07, 6.45) is -0.510. The Bertz CT molecular complexity index is 486. The number of aliphatic hydroxyl groups excluding tert-OH is 1. The van der Waals surface area contributed by atoms with Gasteiger partial charge in [0.05, 0.1) is 11.8 Å². The van der Waals surface area contributed by atoms with Gasteiger partial charge in [0.1, 0.15) is 0 Å². The molecular formula is C13H17N3OS. The zero-order valence-electron chi connectivity index (χ0n) is 10.2. The summed E-state index contributed by atoms with van der Waals surface area (Å²) in [5.41, 5.74) is 7.42. The van der Waals surface area contributed by atoms with E-state index in [-0.39, 0.29) is 6.04 Å². The number of nitrogens with one attached hydrogen (secondary N) is 1. The number of nitrogen functional groups attached to an aromatic ring is 1. The van der Waals surface area contributed by atoms with Gasteiger partial charge in [0.25, 0.3) is 0 Å². The van der Waals surface area contributed by atoms with Crippen molar-refractivity contribution in [1.29, 1.82) is 0 Å². The molecule has 0 aliphatic heterocycles. The van der Waals surface area contributed by atoms with E-state index in [4.69, 9.17) is 5.73 Å². The van der Waals surface area contributed by atoms with E-state index in [1.54, 1.807) is 0 Å². The van der Waals surface area contributed by atoms with E-state index in [9.17, 15) is 5.11 Å². The topological polar surface area (TPSA) is 71.2 Å². The second-order valence-corrected chi connectivity index (χ2v) is 5.06. The van der Waals surface area contributed by atoms with Gasteiger partial charge in [-0.05, 0) is 12.5 Å². The molecule has 1 aromatic heterocycles. The highest BCUT2D eigenvalue weighted by molar-refractivity contribution is 7.13. The van der Waals surface area contributed by atoms with Crippen molar-refractivity contribution in [3.63, 3.8) is 0 Å². The minimum Gasteiger partial charge on any atom is -0.387 e. The number of aromatic nitrogens is 1. The molecule has 4 nitrogen and oxygen atoms in total. The molecule has 1 aromatic carbocycles. The smallest absolute Gasteiger partial charge is 0.180 e. The maximum absolute atomic E-state index is 10.0. The molecule has 0 saturated heterocycles. The first-order valence-electron chi connectivity index (χ1n) is 5.84. The number of hydrogen-bond acceptors (Lipinski definition) is 5. The van der Waals surface area contributed by atoms with Crippen molar-refractivity contribution in [3.05, 3.63) is 47.0 Å². The van der Waals surface area contributed by atoms with Gasteiger partial charge in [0, 0.05) is 18.0 Å². The lowest BCUT2D eigenvalue weighted by Crippen LogP contribution is -2.24. The molecule has 0 unspecified atom stereocenters. The zero-order chi connectivity index (χ0) is 13.0. The third kappa shape index (κ3) is 3.29. The fourth-order valence-corrected chi connectivity index (χ4v) is 2.34. The van der Waals surface area contributed by atoms with Crippen molar-refractivity contribution in [2.75, 3.05) is 12.3 Å². The van der Waals surface area contributed by atoms with E-state index in [0.717, 1.165) is 11.3 Å². The summed E-state index contributed by atoms with van der Waals surface area (Å²) >= 11 is 1.43. The van der Waals surface area contributed by atoms with E-state index in [0.29, 0.717) is 11.7 Å². The van der Waals surface area contributed by atoms with Crippen molar-refractivity contribution < 1.29 is 5.11 Å². The lowest BCUT2D eigenvalue weighted by atomic mass is 10.1. The van der Waals surface area contributed by atoms with Gasteiger partial charge in [-0.15, -0.1) is 11.3 Å². The molecule has 0 bridgehead atoms. The summed E-state index contributed by atoms with van der Waals surface area (Å²) in [4.78, 5) is 4.21. The standard InChI is InChI=1S/C13H17N3OS/c1-9(11-8-18-13(14)16-11)15-7-12(17)10-5-3-2-4-6-10/h2-6,8-9,12,15,17H,7H2,1H3,(H2,14,16)/t9-,12+/m1/s1. The molecule has 4 N–H and O–H groups in total. The maximum atomic E-state index is 10.0. The number of hydrogen-bond donors (Lipinski definition) is 3. The van der Waals surface area contributed by atoms with Crippen molar-refractivity contribution in [1.82, 2.24) is 10.3 Å². The number of thiazole rings is 1. The normalized spacial score (nSPS) is 14.3. The molecule has 0 aliphatic carbocycles. The second-order valence-electron chi connectivity index (χ2n) is 4.17. The molecule has 0 amide bonds. The van der Waals surface area contributed by atoms with Crippen LogP contribution in [0.5, 0.6) is 0 Å². The Hall–Kier alpha value is -1.43. The molecule has 2 aromatic rings. The molecule has 5 heteroatoms. The van der Waals surface area contributed by atoms with Crippen LogP contribution < -0.4 is 11.1 Å². The van der Waals surface area contributed by atoms with Crippen LogP contribution in [-0.4, -0.2) is 16.6 Å². The monoisotopic (exact) mass is 263 g/mol. The van der Waals surface area contributed by atoms with Crippen LogP contribution in [-0.2, 0) is 0 Å². The lowest BCUT2D eigenvalue weighted by Gasteiger charge is -2.16. The number of anilines is 1. The molecule has 1 heterocycles. The van der Waals surface area contributed by atoms with Crippen LogP contribution in [0.4, 0.5) is 5.13 Å². The van der Waals surface area contributed by atoms with Crippen LogP contribution in [0.1, 0.15) is 30.3 Å². The summed E-state index contributed by atoms with van der Waals surface area (Å²) in [6.45, 7) is 2.49. The molecule has 0 fully saturated rings. The van der Waals surface area contributed by atoms with Crippen molar-refractivity contribution >= 4 is 16.5 Å². The quantitative estimate of drug-likeness (QED) is 0.772. The van der Waals surface area contributed by atoms with Crippen LogP contribution >= 0.6 is 11.3 Å². The van der Waals surface area contributed by atoms with Gasteiger partial charge in [-0.25, -0.2) is 4.98 Å². The molecular weight excluding hydrogens is 246 g/mol. The van der Waals surface area contributed by atoms with E-state index in [1.807, 2.05) is 42.6 Å². The molecule has 2 atom stereocenters. The van der Waals surface area contributed by atoms with Crippen LogP contribution in [0.15, 0.2) is 35.7 Å². The highest BCUT2D eigenvalue weighted by Gasteiger charge is 2.12. The number of benzene rings is 1. The van der Waals surface area contributed by atoms with Crippen molar-refractivity contribution in [2.24, 2.45) is 0 Å². The average molecular weight is 263 g/mol. The van der Waals surface area contributed by atoms with Gasteiger partial charge in [-0.3, -0.25) is 0 Å². The third-order valence-electron chi connectivity index (χ3n) is 2.79. The predicted octanol–water partition coefficient (Wildman–Crippen LogP) is 2.11. The SMILES string of the molecule is C[C@@H](NC[C@H](O)c1ccccc1)c1csc(N)n1. The van der Waals surface area contributed by atoms with E-state index < -0.39 is 6.10 Å².